The lowest BCUT2D eigenvalue weighted by molar-refractivity contribution is -0.141. The van der Waals surface area contributed by atoms with Gasteiger partial charge in [-0.3, -0.25) is 9.59 Å². The van der Waals surface area contributed by atoms with Crippen LogP contribution in [0.5, 0.6) is 0 Å². The number of aliphatic hydroxyl groups is 1. The van der Waals surface area contributed by atoms with Crippen LogP contribution >= 0.6 is 0 Å². The van der Waals surface area contributed by atoms with Gasteiger partial charge in [0, 0.05) is 12.3 Å². The van der Waals surface area contributed by atoms with E-state index in [4.69, 9.17) is 5.11 Å². The van der Waals surface area contributed by atoms with Crippen LogP contribution in [0.2, 0.25) is 0 Å². The Morgan fingerprint density at radius 2 is 2.04 bits per heavy atom. The van der Waals surface area contributed by atoms with E-state index in [2.05, 4.69) is 19.1 Å². The maximum absolute atomic E-state index is 12.2. The minimum Gasteiger partial charge on any atom is -0.481 e. The minimum atomic E-state index is -0.793. The van der Waals surface area contributed by atoms with Gasteiger partial charge < -0.3 is 10.2 Å². The highest BCUT2D eigenvalue weighted by Crippen LogP contribution is 2.33. The molecule has 0 spiro atoms. The van der Waals surface area contributed by atoms with E-state index < -0.39 is 17.5 Å². The Morgan fingerprint density at radius 3 is 2.65 bits per heavy atom. The Bertz CT molecular complexity index is 508. The van der Waals surface area contributed by atoms with Crippen LogP contribution in [-0.2, 0) is 9.59 Å². The zero-order valence-corrected chi connectivity index (χ0v) is 16.6. The summed E-state index contributed by atoms with van der Waals surface area (Å²) in [5.74, 6) is -0.661. The van der Waals surface area contributed by atoms with Gasteiger partial charge in [-0.2, -0.15) is 0 Å². The first kappa shape index (κ1) is 22.6. The van der Waals surface area contributed by atoms with Gasteiger partial charge >= 0.3 is 5.97 Å². The van der Waals surface area contributed by atoms with Gasteiger partial charge in [-0.05, 0) is 44.4 Å². The number of hydrogen-bond acceptors (Lipinski definition) is 3. The van der Waals surface area contributed by atoms with Crippen LogP contribution < -0.4 is 0 Å². The lowest BCUT2D eigenvalue weighted by Crippen LogP contribution is -2.26. The molecule has 1 aliphatic rings. The molecule has 0 bridgehead atoms. The maximum Gasteiger partial charge on any atom is 0.306 e. The molecule has 0 aliphatic heterocycles. The molecule has 0 aromatic rings. The molecular weight excluding hydrogens is 328 g/mol. The number of carbonyl (C=O) groups excluding carboxylic acids is 1. The molecule has 0 amide bonds. The van der Waals surface area contributed by atoms with Crippen molar-refractivity contribution in [2.45, 2.75) is 84.2 Å². The first-order valence-electron chi connectivity index (χ1n) is 10.1. The zero-order valence-electron chi connectivity index (χ0n) is 16.6. The molecular formula is C22H36O4. The summed E-state index contributed by atoms with van der Waals surface area (Å²) in [6.45, 7) is 5.84. The highest BCUT2D eigenvalue weighted by Gasteiger charge is 2.32. The number of Topliss-reactive ketones (excluding diaryl/α,β-unsaturated/α-hetero) is 1. The third-order valence-electron chi connectivity index (χ3n) is 5.66. The fraction of sp³-hybridized carbons (Fsp3) is 0.727. The zero-order chi connectivity index (χ0) is 19.6. The molecule has 148 valence electrons. The van der Waals surface area contributed by atoms with Gasteiger partial charge in [0.15, 0.2) is 0 Å². The average molecular weight is 365 g/mol. The highest BCUT2D eigenvalue weighted by molar-refractivity contribution is 5.83. The molecule has 0 aromatic heterocycles. The van der Waals surface area contributed by atoms with Crippen molar-refractivity contribution < 1.29 is 19.8 Å². The van der Waals surface area contributed by atoms with E-state index in [-0.39, 0.29) is 11.8 Å². The Hall–Kier alpha value is -1.42. The largest absolute Gasteiger partial charge is 0.481 e. The summed E-state index contributed by atoms with van der Waals surface area (Å²) < 4.78 is 0. The number of allylic oxidation sites excluding steroid dienone is 3. The van der Waals surface area contributed by atoms with E-state index in [1.165, 1.54) is 0 Å². The lowest BCUT2D eigenvalue weighted by atomic mass is 9.87. The third-order valence-corrected chi connectivity index (χ3v) is 5.66. The Morgan fingerprint density at radius 1 is 1.31 bits per heavy atom. The van der Waals surface area contributed by atoms with Gasteiger partial charge in [-0.25, -0.2) is 0 Å². The molecule has 0 saturated heterocycles. The van der Waals surface area contributed by atoms with Crippen LogP contribution in [0.1, 0.15) is 78.6 Å². The molecule has 4 nitrogen and oxygen atoms in total. The van der Waals surface area contributed by atoms with Crippen molar-refractivity contribution in [2.75, 3.05) is 0 Å². The van der Waals surface area contributed by atoms with Crippen LogP contribution in [0.25, 0.3) is 0 Å². The van der Waals surface area contributed by atoms with Gasteiger partial charge in [0.05, 0.1) is 11.5 Å². The number of carboxylic acids is 1. The summed E-state index contributed by atoms with van der Waals surface area (Å²) in [5, 5.41) is 19.5. The molecule has 2 N–H and O–H groups in total. The van der Waals surface area contributed by atoms with Crippen LogP contribution in [0.4, 0.5) is 0 Å². The first-order valence-corrected chi connectivity index (χ1v) is 10.1. The Balaban J connectivity index is 2.55. The third kappa shape index (κ3) is 7.45. The number of ketones is 1. The quantitative estimate of drug-likeness (QED) is 0.482. The second kappa shape index (κ2) is 11.3. The van der Waals surface area contributed by atoms with Crippen LogP contribution in [0.15, 0.2) is 24.3 Å². The SMILES string of the molecule is CCCCC(O)(CC)C/C=C/[C@H]1CCC(=O)[C@@H]1C/C=C\CC(C)C(=O)O. The van der Waals surface area contributed by atoms with E-state index in [0.29, 0.717) is 31.5 Å². The summed E-state index contributed by atoms with van der Waals surface area (Å²) in [4.78, 5) is 23.0. The number of carboxylic acid groups (broad SMARTS) is 1. The van der Waals surface area contributed by atoms with Crippen molar-refractivity contribution in [3.05, 3.63) is 24.3 Å². The molecule has 1 aliphatic carbocycles. The number of aliphatic carboxylic acids is 1. The predicted molar refractivity (Wildman–Crippen MR) is 105 cm³/mol. The smallest absolute Gasteiger partial charge is 0.306 e. The van der Waals surface area contributed by atoms with Gasteiger partial charge in [-0.15, -0.1) is 0 Å². The van der Waals surface area contributed by atoms with Crippen molar-refractivity contribution in [3.63, 3.8) is 0 Å². The van der Waals surface area contributed by atoms with Gasteiger partial charge in [-0.1, -0.05) is 57.9 Å². The molecule has 4 heteroatoms. The van der Waals surface area contributed by atoms with Crippen molar-refractivity contribution in [3.8, 4) is 0 Å². The monoisotopic (exact) mass is 364 g/mol. The molecule has 1 fully saturated rings. The van der Waals surface area contributed by atoms with Crippen molar-refractivity contribution in [1.29, 1.82) is 0 Å². The molecule has 26 heavy (non-hydrogen) atoms. The van der Waals surface area contributed by atoms with E-state index in [1.54, 1.807) is 6.92 Å². The first-order chi connectivity index (χ1) is 12.3. The normalized spacial score (nSPS) is 24.4. The topological polar surface area (TPSA) is 74.6 Å². The second-order valence-electron chi connectivity index (χ2n) is 7.77. The molecule has 0 aromatic carbocycles. The maximum atomic E-state index is 12.2. The Labute approximate surface area is 158 Å². The number of hydrogen-bond donors (Lipinski definition) is 2. The second-order valence-corrected chi connectivity index (χ2v) is 7.77. The number of unbranched alkanes of at least 4 members (excludes halogenated alkanes) is 1. The average Bonchev–Trinajstić information content (AvgIpc) is 2.96. The van der Waals surface area contributed by atoms with Crippen molar-refractivity contribution in [1.82, 2.24) is 0 Å². The van der Waals surface area contributed by atoms with E-state index in [1.807, 2.05) is 19.1 Å². The standard InChI is InChI=1S/C22H36O4/c1-4-6-15-22(26,5-2)16-9-11-18-13-14-20(23)19(18)12-8-7-10-17(3)21(24)25/h7-9,11,17-19,26H,4-6,10,12-16H2,1-3H3,(H,24,25)/b8-7-,11-9+/t17?,18-,19+,22?/m0/s1. The van der Waals surface area contributed by atoms with Gasteiger partial charge in [0.25, 0.3) is 0 Å². The summed E-state index contributed by atoms with van der Waals surface area (Å²) in [7, 11) is 0. The van der Waals surface area contributed by atoms with Crippen LogP contribution in [-0.4, -0.2) is 27.6 Å². The summed E-state index contributed by atoms with van der Waals surface area (Å²) in [6, 6.07) is 0. The fourth-order valence-electron chi connectivity index (χ4n) is 3.51. The van der Waals surface area contributed by atoms with E-state index in [0.717, 1.165) is 32.1 Å². The highest BCUT2D eigenvalue weighted by atomic mass is 16.4. The Kier molecular flexibility index (Phi) is 9.85. The number of carbonyl (C=O) groups is 2. The number of rotatable bonds is 12. The molecule has 0 radical (unpaired) electrons. The molecule has 0 heterocycles. The van der Waals surface area contributed by atoms with Crippen LogP contribution in [0, 0.1) is 17.8 Å². The summed E-state index contributed by atoms with van der Waals surface area (Å²) in [6.07, 6.45) is 15.0. The van der Waals surface area contributed by atoms with Crippen molar-refractivity contribution >= 4 is 11.8 Å². The predicted octanol–water partition coefficient (Wildman–Crippen LogP) is 4.92. The van der Waals surface area contributed by atoms with E-state index in [9.17, 15) is 14.7 Å². The van der Waals surface area contributed by atoms with Crippen molar-refractivity contribution in [2.24, 2.45) is 17.8 Å². The van der Waals surface area contributed by atoms with Gasteiger partial charge in [0.2, 0.25) is 0 Å². The lowest BCUT2D eigenvalue weighted by Gasteiger charge is -2.25. The molecule has 4 atom stereocenters. The fourth-order valence-corrected chi connectivity index (χ4v) is 3.51. The van der Waals surface area contributed by atoms with Crippen LogP contribution in [0.3, 0.4) is 0 Å². The molecule has 2 unspecified atom stereocenters. The van der Waals surface area contributed by atoms with E-state index >= 15 is 0 Å². The van der Waals surface area contributed by atoms with Gasteiger partial charge in [0.1, 0.15) is 5.78 Å². The summed E-state index contributed by atoms with van der Waals surface area (Å²) in [5.41, 5.74) is -0.627. The molecule has 1 rings (SSSR count). The minimum absolute atomic E-state index is 0.00649. The summed E-state index contributed by atoms with van der Waals surface area (Å²) >= 11 is 0. The molecule has 1 saturated carbocycles.